The summed E-state index contributed by atoms with van der Waals surface area (Å²) in [6.45, 7) is 0. The molecule has 0 saturated carbocycles. The van der Waals surface area contributed by atoms with Crippen molar-refractivity contribution in [3.05, 3.63) is 18.2 Å². The smallest absolute Gasteiger partial charge is 0.508 e. The molecule has 0 fully saturated rings. The predicted octanol–water partition coefficient (Wildman–Crippen LogP) is -0.0294. The molecule has 3 N–H and O–H groups in total. The van der Waals surface area contributed by atoms with Gasteiger partial charge in [0.1, 0.15) is 11.5 Å². The maximum Gasteiger partial charge on any atom is 0.573 e. The van der Waals surface area contributed by atoms with Crippen molar-refractivity contribution < 1.29 is 33.1 Å². The van der Waals surface area contributed by atoms with Gasteiger partial charge in [-0.15, -0.1) is 13.2 Å². The van der Waals surface area contributed by atoms with Crippen LogP contribution in [0.1, 0.15) is 0 Å². The van der Waals surface area contributed by atoms with Crippen LogP contribution in [0, 0.1) is 0 Å². The lowest BCUT2D eigenvalue weighted by Crippen LogP contribution is -2.30. The number of phenolic OH excluding ortho intramolecular Hbond substituents is 1. The van der Waals surface area contributed by atoms with E-state index in [-0.39, 0.29) is 5.46 Å². The Morgan fingerprint density at radius 1 is 1.20 bits per heavy atom. The summed E-state index contributed by atoms with van der Waals surface area (Å²) in [6, 6.07) is 2.42. The first-order chi connectivity index (χ1) is 6.79. The first-order valence-electron chi connectivity index (χ1n) is 3.74. The summed E-state index contributed by atoms with van der Waals surface area (Å²) in [4.78, 5) is 0. The third kappa shape index (κ3) is 3.33. The van der Waals surface area contributed by atoms with Gasteiger partial charge in [-0.25, -0.2) is 0 Å². The molecular formula is C7H6BF3O4. The highest BCUT2D eigenvalue weighted by Gasteiger charge is 2.31. The summed E-state index contributed by atoms with van der Waals surface area (Å²) in [6.07, 6.45) is -4.86. The van der Waals surface area contributed by atoms with E-state index in [9.17, 15) is 13.2 Å². The molecule has 82 valence electrons. The molecule has 0 aliphatic rings. The van der Waals surface area contributed by atoms with Crippen molar-refractivity contribution in [2.24, 2.45) is 0 Å². The lowest BCUT2D eigenvalue weighted by atomic mass is 9.79. The number of alkyl halides is 3. The zero-order chi connectivity index (χ0) is 11.6. The molecule has 4 nitrogen and oxygen atoms in total. The zero-order valence-corrected chi connectivity index (χ0v) is 7.19. The standard InChI is InChI=1S/C7H6BF3O4/c9-7(10,11)15-4-1-2-5(8(13)14)6(12)3-4/h1-3,12-14H. The van der Waals surface area contributed by atoms with E-state index >= 15 is 0 Å². The molecule has 0 aromatic heterocycles. The van der Waals surface area contributed by atoms with Gasteiger partial charge >= 0.3 is 13.5 Å². The molecule has 1 aromatic carbocycles. The normalized spacial score (nSPS) is 11.3. The number of aromatic hydroxyl groups is 1. The number of rotatable bonds is 2. The third-order valence-electron chi connectivity index (χ3n) is 1.51. The van der Waals surface area contributed by atoms with Crippen LogP contribution in [0.15, 0.2) is 18.2 Å². The average molecular weight is 222 g/mol. The first-order valence-corrected chi connectivity index (χ1v) is 3.74. The van der Waals surface area contributed by atoms with Crippen LogP contribution >= 0.6 is 0 Å². The molecule has 0 unspecified atom stereocenters. The van der Waals surface area contributed by atoms with Crippen molar-refractivity contribution in [1.29, 1.82) is 0 Å². The van der Waals surface area contributed by atoms with Gasteiger partial charge in [-0.2, -0.15) is 0 Å². The summed E-state index contributed by atoms with van der Waals surface area (Å²) in [5, 5.41) is 26.4. The number of halogens is 3. The number of hydrogen-bond donors (Lipinski definition) is 3. The Labute approximate surface area is 82.7 Å². The van der Waals surface area contributed by atoms with Crippen molar-refractivity contribution in [2.75, 3.05) is 0 Å². The fraction of sp³-hybridized carbons (Fsp3) is 0.143. The van der Waals surface area contributed by atoms with E-state index in [1.807, 2.05) is 0 Å². The average Bonchev–Trinajstić information content (AvgIpc) is 1.99. The van der Waals surface area contributed by atoms with Crippen LogP contribution in [0.2, 0.25) is 0 Å². The lowest BCUT2D eigenvalue weighted by molar-refractivity contribution is -0.274. The number of benzene rings is 1. The van der Waals surface area contributed by atoms with Crippen molar-refractivity contribution in [1.82, 2.24) is 0 Å². The van der Waals surface area contributed by atoms with Crippen LogP contribution in [0.3, 0.4) is 0 Å². The van der Waals surface area contributed by atoms with Gasteiger partial charge in [-0.3, -0.25) is 0 Å². The third-order valence-corrected chi connectivity index (χ3v) is 1.51. The second-order valence-corrected chi connectivity index (χ2v) is 2.64. The molecule has 0 aliphatic carbocycles. The van der Waals surface area contributed by atoms with Gasteiger partial charge in [0, 0.05) is 11.5 Å². The summed E-state index contributed by atoms with van der Waals surface area (Å²) in [7, 11) is -1.95. The second kappa shape index (κ2) is 3.99. The van der Waals surface area contributed by atoms with Crippen LogP contribution < -0.4 is 10.2 Å². The van der Waals surface area contributed by atoms with Crippen LogP contribution in [-0.2, 0) is 0 Å². The molecule has 0 saturated heterocycles. The topological polar surface area (TPSA) is 69.9 Å². The van der Waals surface area contributed by atoms with Gasteiger partial charge < -0.3 is 19.9 Å². The molecule has 0 aliphatic heterocycles. The summed E-state index contributed by atoms with van der Waals surface area (Å²) in [5.74, 6) is -1.32. The van der Waals surface area contributed by atoms with Gasteiger partial charge in [-0.05, 0) is 6.07 Å². The minimum absolute atomic E-state index is 0.301. The van der Waals surface area contributed by atoms with Gasteiger partial charge in [0.05, 0.1) is 0 Å². The number of hydrogen-bond acceptors (Lipinski definition) is 4. The largest absolute Gasteiger partial charge is 0.573 e. The maximum atomic E-state index is 11.7. The Balaban J connectivity index is 2.92. The summed E-state index contributed by atoms with van der Waals surface area (Å²) in [5.41, 5.74) is -0.301. The molecule has 0 radical (unpaired) electrons. The van der Waals surface area contributed by atoms with E-state index in [2.05, 4.69) is 4.74 Å². The van der Waals surface area contributed by atoms with E-state index in [1.54, 1.807) is 0 Å². The summed E-state index contributed by atoms with van der Waals surface area (Å²) < 4.78 is 38.7. The number of phenols is 1. The predicted molar refractivity (Wildman–Crippen MR) is 44.6 cm³/mol. The van der Waals surface area contributed by atoms with E-state index in [4.69, 9.17) is 15.2 Å². The van der Waals surface area contributed by atoms with Crippen LogP contribution in [0.4, 0.5) is 13.2 Å². The first kappa shape index (κ1) is 11.7. The highest BCUT2D eigenvalue weighted by atomic mass is 19.4. The molecule has 8 heteroatoms. The molecule has 0 bridgehead atoms. The molecule has 0 amide bonds. The van der Waals surface area contributed by atoms with Crippen molar-refractivity contribution in [2.45, 2.75) is 6.36 Å². The van der Waals surface area contributed by atoms with E-state index in [1.165, 1.54) is 0 Å². The highest BCUT2D eigenvalue weighted by molar-refractivity contribution is 6.59. The maximum absolute atomic E-state index is 11.7. The SMILES string of the molecule is OB(O)c1ccc(OC(F)(F)F)cc1O. The fourth-order valence-corrected chi connectivity index (χ4v) is 0.939. The van der Waals surface area contributed by atoms with Gasteiger partial charge in [0.15, 0.2) is 0 Å². The number of ether oxygens (including phenoxy) is 1. The monoisotopic (exact) mass is 222 g/mol. The second-order valence-electron chi connectivity index (χ2n) is 2.64. The Morgan fingerprint density at radius 3 is 2.20 bits per heavy atom. The van der Waals surface area contributed by atoms with E-state index in [0.29, 0.717) is 6.07 Å². The van der Waals surface area contributed by atoms with Crippen LogP contribution in [0.5, 0.6) is 11.5 Å². The Hall–Kier alpha value is -1.41. The Morgan fingerprint density at radius 2 is 1.80 bits per heavy atom. The van der Waals surface area contributed by atoms with Crippen molar-refractivity contribution >= 4 is 12.6 Å². The molecule has 1 aromatic rings. The minimum atomic E-state index is -4.86. The molecule has 15 heavy (non-hydrogen) atoms. The Kier molecular flexibility index (Phi) is 3.11. The Bertz CT molecular complexity index is 353. The van der Waals surface area contributed by atoms with Crippen molar-refractivity contribution in [3.63, 3.8) is 0 Å². The van der Waals surface area contributed by atoms with Gasteiger partial charge in [0.25, 0.3) is 0 Å². The van der Waals surface area contributed by atoms with E-state index < -0.39 is 25.0 Å². The molecule has 0 spiro atoms. The van der Waals surface area contributed by atoms with Gasteiger partial charge in [-0.1, -0.05) is 6.07 Å². The molecule has 0 heterocycles. The summed E-state index contributed by atoms with van der Waals surface area (Å²) >= 11 is 0. The van der Waals surface area contributed by atoms with E-state index in [0.717, 1.165) is 12.1 Å². The zero-order valence-electron chi connectivity index (χ0n) is 7.19. The van der Waals surface area contributed by atoms with Gasteiger partial charge in [0.2, 0.25) is 0 Å². The quantitative estimate of drug-likeness (QED) is 0.614. The lowest BCUT2D eigenvalue weighted by Gasteiger charge is -2.10. The highest BCUT2D eigenvalue weighted by Crippen LogP contribution is 2.24. The van der Waals surface area contributed by atoms with Crippen LogP contribution in [-0.4, -0.2) is 28.6 Å². The minimum Gasteiger partial charge on any atom is -0.508 e. The van der Waals surface area contributed by atoms with Crippen LogP contribution in [0.25, 0.3) is 0 Å². The molecular weight excluding hydrogens is 216 g/mol. The molecule has 1 rings (SSSR count). The molecule has 0 atom stereocenters. The fourth-order valence-electron chi connectivity index (χ4n) is 0.939. The van der Waals surface area contributed by atoms with Crippen molar-refractivity contribution in [3.8, 4) is 11.5 Å².